The number of hydrogen-bond acceptors (Lipinski definition) is 1. The first-order valence-corrected chi connectivity index (χ1v) is 4.94. The summed E-state index contributed by atoms with van der Waals surface area (Å²) < 4.78 is 2.02. The van der Waals surface area contributed by atoms with E-state index < -0.39 is 0 Å². The van der Waals surface area contributed by atoms with Crippen LogP contribution in [-0.2, 0) is 6.54 Å². The van der Waals surface area contributed by atoms with E-state index in [4.69, 9.17) is 0 Å². The summed E-state index contributed by atoms with van der Waals surface area (Å²) in [5.74, 6) is 0. The van der Waals surface area contributed by atoms with Crippen LogP contribution in [0, 0.1) is 6.92 Å². The van der Waals surface area contributed by atoms with E-state index >= 15 is 0 Å². The maximum Gasteiger partial charge on any atom is 0.0593 e. The lowest BCUT2D eigenvalue weighted by atomic mass is 10.2. The summed E-state index contributed by atoms with van der Waals surface area (Å²) in [4.78, 5) is 0. The molecule has 0 aliphatic carbocycles. The standard InChI is InChI=1S/C11H18N2/c1-3-4-5-6-7-9-13-10-8-11(2)12-13/h3,8,10H,1,4-7,9H2,2H3. The van der Waals surface area contributed by atoms with Crippen molar-refractivity contribution in [1.82, 2.24) is 9.78 Å². The van der Waals surface area contributed by atoms with Crippen LogP contribution in [0.2, 0.25) is 0 Å². The monoisotopic (exact) mass is 178 g/mol. The summed E-state index contributed by atoms with van der Waals surface area (Å²) in [5, 5.41) is 4.32. The molecule has 0 unspecified atom stereocenters. The van der Waals surface area contributed by atoms with Gasteiger partial charge in [0.2, 0.25) is 0 Å². The van der Waals surface area contributed by atoms with Crippen LogP contribution in [-0.4, -0.2) is 9.78 Å². The molecule has 0 saturated carbocycles. The van der Waals surface area contributed by atoms with E-state index in [-0.39, 0.29) is 0 Å². The Morgan fingerprint density at radius 1 is 1.46 bits per heavy atom. The number of aromatic nitrogens is 2. The van der Waals surface area contributed by atoms with Crippen LogP contribution in [0.3, 0.4) is 0 Å². The molecule has 0 atom stereocenters. The van der Waals surface area contributed by atoms with E-state index in [1.54, 1.807) is 0 Å². The van der Waals surface area contributed by atoms with Gasteiger partial charge in [0, 0.05) is 12.7 Å². The van der Waals surface area contributed by atoms with Crippen molar-refractivity contribution in [2.24, 2.45) is 0 Å². The smallest absolute Gasteiger partial charge is 0.0593 e. The first kappa shape index (κ1) is 10.0. The molecule has 2 nitrogen and oxygen atoms in total. The number of hydrogen-bond donors (Lipinski definition) is 0. The molecule has 0 spiro atoms. The van der Waals surface area contributed by atoms with Crippen molar-refractivity contribution in [2.75, 3.05) is 0 Å². The number of nitrogens with zero attached hydrogens (tertiary/aromatic N) is 2. The topological polar surface area (TPSA) is 17.8 Å². The van der Waals surface area contributed by atoms with Crippen LogP contribution in [0.25, 0.3) is 0 Å². The van der Waals surface area contributed by atoms with Crippen molar-refractivity contribution in [3.63, 3.8) is 0 Å². The van der Waals surface area contributed by atoms with E-state index in [9.17, 15) is 0 Å². The Bertz CT molecular complexity index is 250. The zero-order valence-corrected chi connectivity index (χ0v) is 8.37. The Morgan fingerprint density at radius 2 is 2.31 bits per heavy atom. The molecule has 1 rings (SSSR count). The lowest BCUT2D eigenvalue weighted by Crippen LogP contribution is -1.98. The van der Waals surface area contributed by atoms with Gasteiger partial charge in [-0.15, -0.1) is 6.58 Å². The van der Waals surface area contributed by atoms with Gasteiger partial charge in [-0.1, -0.05) is 12.5 Å². The number of unbranched alkanes of at least 4 members (excludes halogenated alkanes) is 3. The van der Waals surface area contributed by atoms with E-state index in [0.29, 0.717) is 0 Å². The molecular formula is C11H18N2. The molecule has 0 saturated heterocycles. The van der Waals surface area contributed by atoms with Gasteiger partial charge in [0.25, 0.3) is 0 Å². The van der Waals surface area contributed by atoms with Crippen LogP contribution < -0.4 is 0 Å². The Balaban J connectivity index is 2.09. The maximum absolute atomic E-state index is 4.32. The largest absolute Gasteiger partial charge is 0.273 e. The highest BCUT2D eigenvalue weighted by Crippen LogP contribution is 2.02. The second kappa shape index (κ2) is 5.57. The molecular weight excluding hydrogens is 160 g/mol. The lowest BCUT2D eigenvalue weighted by molar-refractivity contribution is 0.543. The fourth-order valence-corrected chi connectivity index (χ4v) is 1.33. The van der Waals surface area contributed by atoms with E-state index in [1.165, 1.54) is 19.3 Å². The highest BCUT2D eigenvalue weighted by atomic mass is 15.3. The fraction of sp³-hybridized carbons (Fsp3) is 0.545. The SMILES string of the molecule is C=CCCCCCn1ccc(C)n1. The molecule has 2 heteroatoms. The minimum atomic E-state index is 1.05. The van der Waals surface area contributed by atoms with Gasteiger partial charge in [-0.25, -0.2) is 0 Å². The summed E-state index contributed by atoms with van der Waals surface area (Å²) >= 11 is 0. The van der Waals surface area contributed by atoms with E-state index in [2.05, 4.69) is 11.7 Å². The summed E-state index contributed by atoms with van der Waals surface area (Å²) in [7, 11) is 0. The summed E-state index contributed by atoms with van der Waals surface area (Å²) in [6, 6.07) is 2.05. The van der Waals surface area contributed by atoms with E-state index in [0.717, 1.165) is 18.7 Å². The van der Waals surface area contributed by atoms with Crippen molar-refractivity contribution < 1.29 is 0 Å². The molecule has 0 aliphatic heterocycles. The predicted octanol–water partition coefficient (Wildman–Crippen LogP) is 2.94. The first-order chi connectivity index (χ1) is 6.33. The average molecular weight is 178 g/mol. The fourth-order valence-electron chi connectivity index (χ4n) is 1.33. The normalized spacial score (nSPS) is 10.2. The molecule has 1 aromatic rings. The van der Waals surface area contributed by atoms with Gasteiger partial charge in [-0.3, -0.25) is 4.68 Å². The highest BCUT2D eigenvalue weighted by Gasteiger charge is 1.93. The molecule has 0 N–H and O–H groups in total. The van der Waals surface area contributed by atoms with Crippen molar-refractivity contribution in [3.05, 3.63) is 30.6 Å². The van der Waals surface area contributed by atoms with Crippen LogP contribution in [0.5, 0.6) is 0 Å². The third-order valence-electron chi connectivity index (χ3n) is 2.07. The van der Waals surface area contributed by atoms with Crippen LogP contribution in [0.1, 0.15) is 31.4 Å². The molecule has 0 fully saturated rings. The molecule has 0 bridgehead atoms. The Labute approximate surface area is 80.3 Å². The Kier molecular flexibility index (Phi) is 4.30. The van der Waals surface area contributed by atoms with Crippen LogP contribution in [0.4, 0.5) is 0 Å². The average Bonchev–Trinajstić information content (AvgIpc) is 2.51. The van der Waals surface area contributed by atoms with Crippen molar-refractivity contribution in [1.29, 1.82) is 0 Å². The van der Waals surface area contributed by atoms with Gasteiger partial charge < -0.3 is 0 Å². The molecule has 0 amide bonds. The Hall–Kier alpha value is -1.05. The van der Waals surface area contributed by atoms with Crippen LogP contribution >= 0.6 is 0 Å². The molecule has 0 aromatic carbocycles. The zero-order chi connectivity index (χ0) is 9.52. The molecule has 13 heavy (non-hydrogen) atoms. The van der Waals surface area contributed by atoms with Gasteiger partial charge >= 0.3 is 0 Å². The van der Waals surface area contributed by atoms with Gasteiger partial charge in [-0.2, -0.15) is 5.10 Å². The lowest BCUT2D eigenvalue weighted by Gasteiger charge is -2.00. The van der Waals surface area contributed by atoms with Gasteiger partial charge in [0.05, 0.1) is 5.69 Å². The summed E-state index contributed by atoms with van der Waals surface area (Å²) in [5.41, 5.74) is 1.10. The van der Waals surface area contributed by atoms with Crippen molar-refractivity contribution >= 4 is 0 Å². The number of aryl methyl sites for hydroxylation is 2. The first-order valence-electron chi connectivity index (χ1n) is 4.94. The summed E-state index contributed by atoms with van der Waals surface area (Å²) in [6.07, 6.45) is 8.91. The molecule has 0 aliphatic rings. The van der Waals surface area contributed by atoms with Gasteiger partial charge in [0.1, 0.15) is 0 Å². The summed E-state index contributed by atoms with van der Waals surface area (Å²) in [6.45, 7) is 6.77. The highest BCUT2D eigenvalue weighted by molar-refractivity contribution is 4.94. The minimum Gasteiger partial charge on any atom is -0.273 e. The quantitative estimate of drug-likeness (QED) is 0.483. The number of allylic oxidation sites excluding steroid dienone is 1. The molecule has 1 aromatic heterocycles. The van der Waals surface area contributed by atoms with Crippen molar-refractivity contribution in [3.8, 4) is 0 Å². The Morgan fingerprint density at radius 3 is 2.92 bits per heavy atom. The van der Waals surface area contributed by atoms with E-state index in [1.807, 2.05) is 29.9 Å². The molecule has 1 heterocycles. The second-order valence-corrected chi connectivity index (χ2v) is 3.36. The van der Waals surface area contributed by atoms with Gasteiger partial charge in [0.15, 0.2) is 0 Å². The second-order valence-electron chi connectivity index (χ2n) is 3.36. The minimum absolute atomic E-state index is 1.05. The van der Waals surface area contributed by atoms with Crippen LogP contribution in [0.15, 0.2) is 24.9 Å². The van der Waals surface area contributed by atoms with Crippen molar-refractivity contribution in [2.45, 2.75) is 39.2 Å². The third-order valence-corrected chi connectivity index (χ3v) is 2.07. The molecule has 0 radical (unpaired) electrons. The number of rotatable bonds is 6. The maximum atomic E-state index is 4.32. The molecule has 72 valence electrons. The third kappa shape index (κ3) is 3.92. The predicted molar refractivity (Wildman–Crippen MR) is 55.6 cm³/mol. The zero-order valence-electron chi connectivity index (χ0n) is 8.37. The van der Waals surface area contributed by atoms with Gasteiger partial charge in [-0.05, 0) is 32.3 Å².